The smallest absolute Gasteiger partial charge is 0.353 e. The summed E-state index contributed by atoms with van der Waals surface area (Å²) in [5.74, 6) is 0.139. The van der Waals surface area contributed by atoms with Gasteiger partial charge < -0.3 is 40.0 Å². The highest BCUT2D eigenvalue weighted by atomic mass is 31.2. The lowest BCUT2D eigenvalue weighted by Crippen LogP contribution is -2.25. The molecule has 0 aliphatic rings. The maximum absolute atomic E-state index is 12.3. The molecule has 0 aliphatic carbocycles. The molecule has 13 heteroatoms. The van der Waals surface area contributed by atoms with Crippen LogP contribution in [-0.4, -0.2) is 68.4 Å². The highest BCUT2D eigenvalue weighted by molar-refractivity contribution is 7.52. The van der Waals surface area contributed by atoms with E-state index in [1.165, 1.54) is 89.8 Å². The zero-order chi connectivity index (χ0) is 29.8. The number of unbranched alkanes of at least 4 members (excludes halogenated alkanes) is 13. The predicted molar refractivity (Wildman–Crippen MR) is 162 cm³/mol. The lowest BCUT2D eigenvalue weighted by Gasteiger charge is -2.19. The van der Waals surface area contributed by atoms with Crippen molar-refractivity contribution in [3.05, 3.63) is 6.33 Å². The van der Waals surface area contributed by atoms with Gasteiger partial charge in [0.2, 0.25) is 5.95 Å². The number of aliphatic hydroxyl groups excluding tert-OH is 1. The molecule has 12 nitrogen and oxygen atoms in total. The van der Waals surface area contributed by atoms with Crippen LogP contribution in [0.15, 0.2) is 6.33 Å². The number of nitrogens with zero attached hydrogens (tertiary/aromatic N) is 4. The van der Waals surface area contributed by atoms with E-state index in [-0.39, 0.29) is 31.5 Å². The van der Waals surface area contributed by atoms with Gasteiger partial charge in [0.15, 0.2) is 11.5 Å². The van der Waals surface area contributed by atoms with Gasteiger partial charge in [-0.05, 0) is 12.8 Å². The highest BCUT2D eigenvalue weighted by Crippen LogP contribution is 2.42. The molecule has 0 bridgehead atoms. The van der Waals surface area contributed by atoms with Crippen LogP contribution in [0.4, 0.5) is 11.8 Å². The van der Waals surface area contributed by atoms with Gasteiger partial charge in [0.05, 0.1) is 32.2 Å². The van der Waals surface area contributed by atoms with Crippen LogP contribution in [0.3, 0.4) is 0 Å². The normalized spacial score (nSPS) is 14.0. The molecule has 0 aromatic carbocycles. The van der Waals surface area contributed by atoms with Gasteiger partial charge in [0, 0.05) is 13.2 Å². The first kappa shape index (κ1) is 35.4. The number of fused-ring (bicyclic) bond motifs is 1. The Morgan fingerprint density at radius 1 is 0.878 bits per heavy atom. The summed E-state index contributed by atoms with van der Waals surface area (Å²) in [5.41, 5.74) is 12.2. The molecule has 2 aromatic heterocycles. The minimum Gasteiger partial charge on any atom is -0.394 e. The molecule has 2 unspecified atom stereocenters. The molecule has 2 atom stereocenters. The van der Waals surface area contributed by atoms with Gasteiger partial charge in [-0.2, -0.15) is 9.97 Å². The van der Waals surface area contributed by atoms with Gasteiger partial charge in [-0.3, -0.25) is 4.57 Å². The molecule has 2 heterocycles. The first-order chi connectivity index (χ1) is 19.9. The standard InChI is InChI=1S/C28H53N6O6P/c1-2-3-4-5-6-7-8-9-10-11-12-13-14-15-17-38-18-16-19-40-41(36,37)23-39-24(21-35)20-34-22-31-25-26(29)32-28(30)33-27(25)34/h22,24,35H,2-21,23H2,1H3,(H,36,37)(H4,29,30,32,33). The summed E-state index contributed by atoms with van der Waals surface area (Å²) in [5, 5.41) is 9.68. The molecule has 0 saturated heterocycles. The van der Waals surface area contributed by atoms with E-state index in [9.17, 15) is 14.6 Å². The Hall–Kier alpha value is -1.82. The van der Waals surface area contributed by atoms with E-state index in [0.29, 0.717) is 30.8 Å². The second-order valence-electron chi connectivity index (χ2n) is 10.7. The maximum atomic E-state index is 12.3. The molecule has 6 N–H and O–H groups in total. The van der Waals surface area contributed by atoms with E-state index >= 15 is 0 Å². The zero-order valence-electron chi connectivity index (χ0n) is 24.9. The third-order valence-corrected chi connectivity index (χ3v) is 8.02. The van der Waals surface area contributed by atoms with Crippen LogP contribution in [0.2, 0.25) is 0 Å². The first-order valence-corrected chi connectivity index (χ1v) is 17.1. The Kier molecular flexibility index (Phi) is 18.1. The summed E-state index contributed by atoms with van der Waals surface area (Å²) in [7, 11) is -3.99. The third kappa shape index (κ3) is 15.3. The van der Waals surface area contributed by atoms with E-state index < -0.39 is 20.0 Å². The number of rotatable bonds is 26. The molecule has 2 rings (SSSR count). The number of ether oxygens (including phenoxy) is 2. The van der Waals surface area contributed by atoms with Crippen LogP contribution in [0.25, 0.3) is 11.2 Å². The molecule has 0 aliphatic heterocycles. The Bertz CT molecular complexity index is 1010. The summed E-state index contributed by atoms with van der Waals surface area (Å²) in [6.07, 6.45) is 19.1. The molecule has 236 valence electrons. The van der Waals surface area contributed by atoms with Gasteiger partial charge in [0.25, 0.3) is 0 Å². The number of nitrogens with two attached hydrogens (primary N) is 2. The van der Waals surface area contributed by atoms with E-state index in [1.54, 1.807) is 4.57 Å². The SMILES string of the molecule is CCCCCCCCCCCCCCCCOCCCOP(=O)(O)COC(CO)Cn1cnc2c(N)nc(N)nc21. The fourth-order valence-corrected chi connectivity index (χ4v) is 5.49. The summed E-state index contributed by atoms with van der Waals surface area (Å²) in [4.78, 5) is 22.2. The topological polar surface area (TPSA) is 181 Å². The lowest BCUT2D eigenvalue weighted by molar-refractivity contribution is 0.0176. The predicted octanol–water partition coefficient (Wildman–Crippen LogP) is 5.42. The van der Waals surface area contributed by atoms with Crippen molar-refractivity contribution in [1.82, 2.24) is 19.5 Å². The van der Waals surface area contributed by atoms with E-state index in [1.807, 2.05) is 0 Å². The fourth-order valence-electron chi connectivity index (χ4n) is 4.61. The van der Waals surface area contributed by atoms with Gasteiger partial charge in [0.1, 0.15) is 11.9 Å². The molecule has 0 spiro atoms. The summed E-state index contributed by atoms with van der Waals surface area (Å²) in [6, 6.07) is 0. The number of anilines is 2. The molecular formula is C28H53N6O6P. The Morgan fingerprint density at radius 3 is 2.07 bits per heavy atom. The summed E-state index contributed by atoms with van der Waals surface area (Å²) < 4.78 is 30.1. The first-order valence-electron chi connectivity index (χ1n) is 15.4. The van der Waals surface area contributed by atoms with Crippen molar-refractivity contribution < 1.29 is 28.6 Å². The largest absolute Gasteiger partial charge is 0.394 e. The van der Waals surface area contributed by atoms with Crippen molar-refractivity contribution in [3.63, 3.8) is 0 Å². The van der Waals surface area contributed by atoms with Gasteiger partial charge in [-0.15, -0.1) is 0 Å². The average molecular weight is 601 g/mol. The van der Waals surface area contributed by atoms with Crippen molar-refractivity contribution in [1.29, 1.82) is 0 Å². The minimum atomic E-state index is -3.99. The van der Waals surface area contributed by atoms with Gasteiger partial charge in [-0.25, -0.2) is 4.98 Å². The Morgan fingerprint density at radius 2 is 1.46 bits per heavy atom. The molecule has 0 amide bonds. The van der Waals surface area contributed by atoms with Crippen molar-refractivity contribution in [2.45, 2.75) is 116 Å². The van der Waals surface area contributed by atoms with E-state index in [4.69, 9.17) is 25.5 Å². The number of hydrogen-bond donors (Lipinski definition) is 4. The van der Waals surface area contributed by atoms with E-state index in [0.717, 1.165) is 6.42 Å². The zero-order valence-corrected chi connectivity index (χ0v) is 25.8. The van der Waals surface area contributed by atoms with E-state index in [2.05, 4.69) is 21.9 Å². The van der Waals surface area contributed by atoms with Crippen LogP contribution in [0.5, 0.6) is 0 Å². The van der Waals surface area contributed by atoms with Crippen LogP contribution in [-0.2, 0) is 25.1 Å². The third-order valence-electron chi connectivity index (χ3n) is 6.95. The second-order valence-corrected chi connectivity index (χ2v) is 12.5. The second kappa shape index (κ2) is 21.0. The number of imidazole rings is 1. The molecule has 2 aromatic rings. The van der Waals surface area contributed by atoms with Crippen molar-refractivity contribution >= 4 is 30.5 Å². The summed E-state index contributed by atoms with van der Waals surface area (Å²) >= 11 is 0. The highest BCUT2D eigenvalue weighted by Gasteiger charge is 2.23. The molecule has 0 saturated carbocycles. The number of nitrogen functional groups attached to an aromatic ring is 2. The maximum Gasteiger partial charge on any atom is 0.353 e. The number of aliphatic hydroxyl groups is 1. The molecule has 0 radical (unpaired) electrons. The average Bonchev–Trinajstić information content (AvgIpc) is 3.34. The number of aromatic nitrogens is 4. The van der Waals surface area contributed by atoms with Crippen LogP contribution in [0, 0.1) is 0 Å². The van der Waals surface area contributed by atoms with Gasteiger partial charge >= 0.3 is 7.60 Å². The van der Waals surface area contributed by atoms with Crippen LogP contribution < -0.4 is 11.5 Å². The summed E-state index contributed by atoms with van der Waals surface area (Å²) in [6.45, 7) is 3.25. The lowest BCUT2D eigenvalue weighted by atomic mass is 10.0. The van der Waals surface area contributed by atoms with Crippen molar-refractivity contribution in [2.75, 3.05) is 44.2 Å². The molecule has 0 fully saturated rings. The Labute approximate surface area is 245 Å². The molecular weight excluding hydrogens is 547 g/mol. The quantitative estimate of drug-likeness (QED) is 0.0800. The number of hydrogen-bond acceptors (Lipinski definition) is 10. The minimum absolute atomic E-state index is 0.00459. The van der Waals surface area contributed by atoms with Crippen molar-refractivity contribution in [3.8, 4) is 0 Å². The van der Waals surface area contributed by atoms with Crippen molar-refractivity contribution in [2.24, 2.45) is 0 Å². The Balaban J connectivity index is 1.44. The van der Waals surface area contributed by atoms with Crippen LogP contribution >= 0.6 is 7.60 Å². The monoisotopic (exact) mass is 600 g/mol. The van der Waals surface area contributed by atoms with Crippen LogP contribution in [0.1, 0.15) is 103 Å². The fraction of sp³-hybridized carbons (Fsp3) is 0.821. The van der Waals surface area contributed by atoms with Gasteiger partial charge in [-0.1, -0.05) is 90.4 Å². The molecule has 41 heavy (non-hydrogen) atoms.